The minimum atomic E-state index is -0.697. The standard InChI is InChI=1S/C16H26N2OS/c1-13-12-18(14(2)9-10-20(3)19)16(11-17-13)15-7-5-4-6-8-15/h4-8,13-14,16-17H,9-12H2,1-3H3. The van der Waals surface area contributed by atoms with Crippen molar-refractivity contribution in [1.82, 2.24) is 10.2 Å². The molecular formula is C16H26N2OS. The van der Waals surface area contributed by atoms with E-state index in [1.165, 1.54) is 5.56 Å². The smallest absolute Gasteiger partial charge is 0.0476 e. The molecule has 20 heavy (non-hydrogen) atoms. The maximum Gasteiger partial charge on any atom is 0.0476 e. The van der Waals surface area contributed by atoms with E-state index in [4.69, 9.17) is 0 Å². The van der Waals surface area contributed by atoms with Crippen LogP contribution >= 0.6 is 0 Å². The predicted octanol–water partition coefficient (Wildman–Crippen LogP) is 2.18. The van der Waals surface area contributed by atoms with Crippen molar-refractivity contribution >= 4 is 10.8 Å². The fourth-order valence-electron chi connectivity index (χ4n) is 2.91. The van der Waals surface area contributed by atoms with Crippen molar-refractivity contribution in [2.75, 3.05) is 25.1 Å². The summed E-state index contributed by atoms with van der Waals surface area (Å²) in [5.41, 5.74) is 1.37. The van der Waals surface area contributed by atoms with Gasteiger partial charge in [0.1, 0.15) is 0 Å². The number of piperazine rings is 1. The molecule has 4 atom stereocenters. The highest BCUT2D eigenvalue weighted by Crippen LogP contribution is 2.26. The summed E-state index contributed by atoms with van der Waals surface area (Å²) in [5, 5.41) is 3.58. The van der Waals surface area contributed by atoms with Crippen molar-refractivity contribution in [2.45, 2.75) is 38.4 Å². The van der Waals surface area contributed by atoms with E-state index in [9.17, 15) is 4.21 Å². The van der Waals surface area contributed by atoms with Crippen molar-refractivity contribution in [1.29, 1.82) is 0 Å². The van der Waals surface area contributed by atoms with E-state index < -0.39 is 10.8 Å². The number of hydrogen-bond donors (Lipinski definition) is 1. The fourth-order valence-corrected chi connectivity index (χ4v) is 3.59. The maximum absolute atomic E-state index is 11.3. The third-order valence-corrected chi connectivity index (χ3v) is 4.93. The highest BCUT2D eigenvalue weighted by molar-refractivity contribution is 7.84. The van der Waals surface area contributed by atoms with Gasteiger partial charge < -0.3 is 5.32 Å². The zero-order valence-corrected chi connectivity index (χ0v) is 13.5. The van der Waals surface area contributed by atoms with E-state index in [1.54, 1.807) is 6.26 Å². The topological polar surface area (TPSA) is 32.3 Å². The van der Waals surface area contributed by atoms with E-state index in [0.717, 1.165) is 25.3 Å². The summed E-state index contributed by atoms with van der Waals surface area (Å²) in [5.74, 6) is 0.793. The van der Waals surface area contributed by atoms with E-state index in [-0.39, 0.29) is 0 Å². The molecule has 1 aromatic carbocycles. The first-order valence-corrected chi connectivity index (χ1v) is 9.14. The Morgan fingerprint density at radius 1 is 1.40 bits per heavy atom. The highest BCUT2D eigenvalue weighted by atomic mass is 32.2. The van der Waals surface area contributed by atoms with E-state index in [1.807, 2.05) is 0 Å². The summed E-state index contributed by atoms with van der Waals surface area (Å²) in [6, 6.07) is 12.1. The Morgan fingerprint density at radius 3 is 2.75 bits per heavy atom. The Morgan fingerprint density at radius 2 is 2.10 bits per heavy atom. The lowest BCUT2D eigenvalue weighted by Gasteiger charge is -2.43. The molecule has 0 bridgehead atoms. The zero-order chi connectivity index (χ0) is 14.5. The molecule has 1 heterocycles. The molecule has 0 saturated carbocycles. The summed E-state index contributed by atoms with van der Waals surface area (Å²) in [6.07, 6.45) is 2.79. The molecule has 4 unspecified atom stereocenters. The van der Waals surface area contributed by atoms with E-state index >= 15 is 0 Å². The molecule has 0 aromatic heterocycles. The van der Waals surface area contributed by atoms with Crippen molar-refractivity contribution < 1.29 is 4.21 Å². The molecule has 1 aromatic rings. The molecule has 1 fully saturated rings. The van der Waals surface area contributed by atoms with Gasteiger partial charge in [0.25, 0.3) is 0 Å². The second-order valence-corrected chi connectivity index (χ2v) is 7.40. The Balaban J connectivity index is 2.10. The van der Waals surface area contributed by atoms with Gasteiger partial charge in [-0.2, -0.15) is 0 Å². The maximum atomic E-state index is 11.3. The van der Waals surface area contributed by atoms with Crippen LogP contribution in [0.25, 0.3) is 0 Å². The number of nitrogens with one attached hydrogen (secondary N) is 1. The molecular weight excluding hydrogens is 268 g/mol. The number of rotatable bonds is 5. The average molecular weight is 294 g/mol. The molecule has 4 heteroatoms. The second-order valence-electron chi connectivity index (χ2n) is 5.85. The average Bonchev–Trinajstić information content (AvgIpc) is 2.45. The normalized spacial score (nSPS) is 27.1. The van der Waals surface area contributed by atoms with Crippen LogP contribution < -0.4 is 5.32 Å². The van der Waals surface area contributed by atoms with Gasteiger partial charge in [-0.1, -0.05) is 30.3 Å². The zero-order valence-electron chi connectivity index (χ0n) is 12.7. The minimum absolute atomic E-state index is 0.424. The molecule has 1 N–H and O–H groups in total. The van der Waals surface area contributed by atoms with Crippen molar-refractivity contribution in [3.05, 3.63) is 35.9 Å². The molecule has 0 aliphatic carbocycles. The Labute approximate surface area is 125 Å². The van der Waals surface area contributed by atoms with Crippen LogP contribution in [0.3, 0.4) is 0 Å². The lowest BCUT2D eigenvalue weighted by molar-refractivity contribution is 0.0914. The van der Waals surface area contributed by atoms with Crippen LogP contribution in [0.5, 0.6) is 0 Å². The van der Waals surface area contributed by atoms with Crippen LogP contribution in [-0.4, -0.2) is 46.3 Å². The summed E-state index contributed by atoms with van der Waals surface area (Å²) in [4.78, 5) is 2.57. The second kappa shape index (κ2) is 7.34. The summed E-state index contributed by atoms with van der Waals surface area (Å²) in [6.45, 7) is 6.54. The van der Waals surface area contributed by atoms with Gasteiger partial charge in [-0.25, -0.2) is 0 Å². The van der Waals surface area contributed by atoms with Gasteiger partial charge in [0.05, 0.1) is 0 Å². The number of benzene rings is 1. The Hall–Kier alpha value is -0.710. The van der Waals surface area contributed by atoms with Crippen LogP contribution in [0.2, 0.25) is 0 Å². The molecule has 1 saturated heterocycles. The van der Waals surface area contributed by atoms with Crippen molar-refractivity contribution in [3.63, 3.8) is 0 Å². The van der Waals surface area contributed by atoms with E-state index in [0.29, 0.717) is 18.1 Å². The quantitative estimate of drug-likeness (QED) is 0.903. The largest absolute Gasteiger partial charge is 0.311 e. The summed E-state index contributed by atoms with van der Waals surface area (Å²) < 4.78 is 11.3. The van der Waals surface area contributed by atoms with Crippen LogP contribution in [-0.2, 0) is 10.8 Å². The summed E-state index contributed by atoms with van der Waals surface area (Å²) in [7, 11) is -0.697. The van der Waals surface area contributed by atoms with Gasteiger partial charge >= 0.3 is 0 Å². The molecule has 1 aliphatic rings. The van der Waals surface area contributed by atoms with E-state index in [2.05, 4.69) is 54.4 Å². The lowest BCUT2D eigenvalue weighted by atomic mass is 9.99. The first kappa shape index (κ1) is 15.7. The van der Waals surface area contributed by atoms with Crippen LogP contribution in [0, 0.1) is 0 Å². The molecule has 112 valence electrons. The third-order valence-electron chi connectivity index (χ3n) is 4.12. The minimum Gasteiger partial charge on any atom is -0.311 e. The van der Waals surface area contributed by atoms with Gasteiger partial charge in [0, 0.05) is 54.0 Å². The van der Waals surface area contributed by atoms with Crippen LogP contribution in [0.15, 0.2) is 30.3 Å². The fraction of sp³-hybridized carbons (Fsp3) is 0.625. The molecule has 1 aliphatic heterocycles. The SMILES string of the molecule is CC1CN(C(C)CCS(C)=O)C(c2ccccc2)CN1. The molecule has 3 nitrogen and oxygen atoms in total. The third kappa shape index (κ3) is 4.14. The van der Waals surface area contributed by atoms with Gasteiger partial charge in [-0.3, -0.25) is 9.11 Å². The van der Waals surface area contributed by atoms with Crippen LogP contribution in [0.1, 0.15) is 31.9 Å². The molecule has 0 spiro atoms. The van der Waals surface area contributed by atoms with Crippen molar-refractivity contribution in [2.24, 2.45) is 0 Å². The molecule has 0 amide bonds. The predicted molar refractivity (Wildman–Crippen MR) is 86.4 cm³/mol. The molecule has 0 radical (unpaired) electrons. The monoisotopic (exact) mass is 294 g/mol. The van der Waals surface area contributed by atoms with Gasteiger partial charge in [0.15, 0.2) is 0 Å². The van der Waals surface area contributed by atoms with Crippen molar-refractivity contribution in [3.8, 4) is 0 Å². The van der Waals surface area contributed by atoms with Gasteiger partial charge in [-0.05, 0) is 25.8 Å². The number of hydrogen-bond acceptors (Lipinski definition) is 3. The summed E-state index contributed by atoms with van der Waals surface area (Å²) >= 11 is 0. The van der Waals surface area contributed by atoms with Gasteiger partial charge in [0.2, 0.25) is 0 Å². The van der Waals surface area contributed by atoms with Gasteiger partial charge in [-0.15, -0.1) is 0 Å². The number of nitrogens with zero attached hydrogens (tertiary/aromatic N) is 1. The highest BCUT2D eigenvalue weighted by Gasteiger charge is 2.30. The van der Waals surface area contributed by atoms with Crippen LogP contribution in [0.4, 0.5) is 0 Å². The Kier molecular flexibility index (Phi) is 5.75. The first-order chi connectivity index (χ1) is 9.58. The lowest BCUT2D eigenvalue weighted by Crippen LogP contribution is -2.54. The molecule has 2 rings (SSSR count). The first-order valence-electron chi connectivity index (χ1n) is 7.42. The Bertz CT molecular complexity index is 437.